The molecule has 102 valence electrons. The highest BCUT2D eigenvalue weighted by Gasteiger charge is 2.52. The molecule has 2 aliphatic carbocycles. The van der Waals surface area contributed by atoms with Crippen LogP contribution in [0.1, 0.15) is 30.5 Å². The molecule has 0 atom stereocenters. The number of rotatable bonds is 3. The van der Waals surface area contributed by atoms with Crippen molar-refractivity contribution in [3.63, 3.8) is 0 Å². The number of pyridine rings is 1. The van der Waals surface area contributed by atoms with E-state index in [9.17, 15) is 13.6 Å². The first kappa shape index (κ1) is 12.3. The predicted molar refractivity (Wildman–Crippen MR) is 66.4 cm³/mol. The highest BCUT2D eigenvalue weighted by Crippen LogP contribution is 2.40. The number of aromatic nitrogens is 1. The van der Waals surface area contributed by atoms with E-state index < -0.39 is 18.0 Å². The van der Waals surface area contributed by atoms with Gasteiger partial charge in [0.1, 0.15) is 11.4 Å². The van der Waals surface area contributed by atoms with Gasteiger partial charge in [-0.1, -0.05) is 6.07 Å². The van der Waals surface area contributed by atoms with Gasteiger partial charge in [-0.2, -0.15) is 0 Å². The molecule has 2 aliphatic rings. The molecule has 0 unspecified atom stereocenters. The minimum absolute atomic E-state index is 0.329. The lowest BCUT2D eigenvalue weighted by atomic mass is 10.2. The van der Waals surface area contributed by atoms with Crippen LogP contribution in [0.3, 0.4) is 0 Å². The summed E-state index contributed by atoms with van der Waals surface area (Å²) >= 11 is 0. The maximum absolute atomic E-state index is 12.7. The summed E-state index contributed by atoms with van der Waals surface area (Å²) in [7, 11) is 0. The number of aryl methyl sites for hydroxylation is 2. The molecule has 0 spiro atoms. The first-order chi connectivity index (χ1) is 9.09. The molecule has 0 aliphatic heterocycles. The van der Waals surface area contributed by atoms with Gasteiger partial charge in [0.2, 0.25) is 0 Å². The molecule has 4 nitrogen and oxygen atoms in total. The van der Waals surface area contributed by atoms with Gasteiger partial charge in [-0.3, -0.25) is 5.32 Å². The molecule has 2 amide bonds. The molecule has 1 heterocycles. The summed E-state index contributed by atoms with van der Waals surface area (Å²) in [6.45, 7) is 0. The fourth-order valence-corrected chi connectivity index (χ4v) is 2.40. The molecule has 3 rings (SSSR count). The summed E-state index contributed by atoms with van der Waals surface area (Å²) in [5.41, 5.74) is 0.880. The van der Waals surface area contributed by atoms with Crippen LogP contribution < -0.4 is 10.6 Å². The molecule has 1 aromatic heterocycles. The third-order valence-electron chi connectivity index (χ3n) is 3.74. The third kappa shape index (κ3) is 2.39. The Bertz CT molecular complexity index is 515. The van der Waals surface area contributed by atoms with Crippen LogP contribution in [0.4, 0.5) is 19.4 Å². The minimum Gasteiger partial charge on any atom is -0.327 e. The number of amides is 2. The number of nitrogens with one attached hydrogen (secondary N) is 2. The van der Waals surface area contributed by atoms with Gasteiger partial charge in [-0.15, -0.1) is 0 Å². The van der Waals surface area contributed by atoms with E-state index >= 15 is 0 Å². The number of hydrogen-bond donors (Lipinski definition) is 2. The van der Waals surface area contributed by atoms with Gasteiger partial charge < -0.3 is 5.32 Å². The van der Waals surface area contributed by atoms with Crippen molar-refractivity contribution in [3.8, 4) is 0 Å². The Labute approximate surface area is 109 Å². The average Bonchev–Trinajstić information content (AvgIpc) is 2.99. The monoisotopic (exact) mass is 267 g/mol. The number of carbonyl (C=O) groups is 1. The molecular formula is C13H15F2N3O. The third-order valence-corrected chi connectivity index (χ3v) is 3.74. The van der Waals surface area contributed by atoms with Crippen molar-refractivity contribution in [3.05, 3.63) is 23.4 Å². The number of carbonyl (C=O) groups excluding carboxylic acids is 1. The lowest BCUT2D eigenvalue weighted by molar-refractivity contribution is 0.0908. The molecule has 1 fully saturated rings. The number of alkyl halides is 2. The van der Waals surface area contributed by atoms with Gasteiger partial charge in [0.25, 0.3) is 6.43 Å². The first-order valence-electron chi connectivity index (χ1n) is 6.45. The summed E-state index contributed by atoms with van der Waals surface area (Å²) in [5.74, 6) is 0.420. The van der Waals surface area contributed by atoms with Crippen molar-refractivity contribution in [1.29, 1.82) is 0 Å². The Morgan fingerprint density at radius 2 is 2.11 bits per heavy atom. The van der Waals surface area contributed by atoms with Gasteiger partial charge in [0.05, 0.1) is 0 Å². The molecule has 0 aromatic carbocycles. The predicted octanol–water partition coefficient (Wildman–Crippen LogP) is 2.49. The summed E-state index contributed by atoms with van der Waals surface area (Å²) in [4.78, 5) is 16.0. The van der Waals surface area contributed by atoms with Crippen molar-refractivity contribution >= 4 is 11.8 Å². The maximum atomic E-state index is 12.7. The Balaban J connectivity index is 1.64. The molecule has 0 bridgehead atoms. The van der Waals surface area contributed by atoms with Crippen LogP contribution in [0, 0.1) is 0 Å². The summed E-state index contributed by atoms with van der Waals surface area (Å²) in [6, 6.07) is 3.04. The SMILES string of the molecule is O=C(Nc1ccc2c(n1)CCC2)NC1(C(F)F)CC1. The van der Waals surface area contributed by atoms with E-state index in [1.165, 1.54) is 5.56 Å². The molecule has 6 heteroatoms. The highest BCUT2D eigenvalue weighted by molar-refractivity contribution is 5.89. The molecule has 19 heavy (non-hydrogen) atoms. The normalized spacial score (nSPS) is 19.1. The smallest absolute Gasteiger partial charge is 0.321 e. The van der Waals surface area contributed by atoms with Crippen LogP contribution in [0.2, 0.25) is 0 Å². The van der Waals surface area contributed by atoms with Crippen molar-refractivity contribution in [2.24, 2.45) is 0 Å². The van der Waals surface area contributed by atoms with Gasteiger partial charge >= 0.3 is 6.03 Å². The Morgan fingerprint density at radius 3 is 2.79 bits per heavy atom. The lowest BCUT2D eigenvalue weighted by Gasteiger charge is -2.16. The molecule has 0 saturated heterocycles. The van der Waals surface area contributed by atoms with Crippen LogP contribution in [-0.2, 0) is 12.8 Å². The van der Waals surface area contributed by atoms with Crippen molar-refractivity contribution in [2.75, 3.05) is 5.32 Å². The molecule has 2 N–H and O–H groups in total. The fourth-order valence-electron chi connectivity index (χ4n) is 2.40. The summed E-state index contributed by atoms with van der Waals surface area (Å²) < 4.78 is 25.4. The van der Waals surface area contributed by atoms with E-state index in [1.807, 2.05) is 6.07 Å². The average molecular weight is 267 g/mol. The highest BCUT2D eigenvalue weighted by atomic mass is 19.3. The lowest BCUT2D eigenvalue weighted by Crippen LogP contribution is -2.44. The van der Waals surface area contributed by atoms with Crippen molar-refractivity contribution in [1.82, 2.24) is 10.3 Å². The zero-order valence-corrected chi connectivity index (χ0v) is 10.4. The molecule has 1 saturated carbocycles. The van der Waals surface area contributed by atoms with E-state index in [0.717, 1.165) is 25.0 Å². The van der Waals surface area contributed by atoms with Crippen LogP contribution in [-0.4, -0.2) is 23.0 Å². The van der Waals surface area contributed by atoms with E-state index in [1.54, 1.807) is 6.07 Å². The number of nitrogens with zero attached hydrogens (tertiary/aromatic N) is 1. The Morgan fingerprint density at radius 1 is 1.32 bits per heavy atom. The molecule has 0 radical (unpaired) electrons. The van der Waals surface area contributed by atoms with Gasteiger partial charge in [-0.25, -0.2) is 18.6 Å². The number of urea groups is 1. The van der Waals surface area contributed by atoms with Gasteiger partial charge in [-0.05, 0) is 43.7 Å². The number of halogens is 2. The van der Waals surface area contributed by atoms with E-state index in [2.05, 4.69) is 15.6 Å². The second-order valence-corrected chi connectivity index (χ2v) is 5.19. The van der Waals surface area contributed by atoms with Crippen molar-refractivity contribution < 1.29 is 13.6 Å². The number of anilines is 1. The van der Waals surface area contributed by atoms with E-state index in [-0.39, 0.29) is 0 Å². The first-order valence-corrected chi connectivity index (χ1v) is 6.45. The van der Waals surface area contributed by atoms with Crippen LogP contribution in [0.5, 0.6) is 0 Å². The number of hydrogen-bond acceptors (Lipinski definition) is 2. The second kappa shape index (κ2) is 4.43. The largest absolute Gasteiger partial charge is 0.327 e. The zero-order chi connectivity index (χ0) is 13.5. The van der Waals surface area contributed by atoms with Crippen LogP contribution >= 0.6 is 0 Å². The zero-order valence-electron chi connectivity index (χ0n) is 10.4. The fraction of sp³-hybridized carbons (Fsp3) is 0.538. The topological polar surface area (TPSA) is 54.0 Å². The quantitative estimate of drug-likeness (QED) is 0.884. The van der Waals surface area contributed by atoms with Gasteiger partial charge in [0, 0.05) is 5.69 Å². The second-order valence-electron chi connectivity index (χ2n) is 5.19. The van der Waals surface area contributed by atoms with Crippen LogP contribution in [0.25, 0.3) is 0 Å². The Hall–Kier alpha value is -1.72. The minimum atomic E-state index is -2.52. The van der Waals surface area contributed by atoms with E-state index in [4.69, 9.17) is 0 Å². The van der Waals surface area contributed by atoms with Crippen molar-refractivity contribution in [2.45, 2.75) is 44.1 Å². The standard InChI is InChI=1S/C13H15F2N3O/c14-11(15)13(6-7-13)18-12(19)17-10-5-4-8-2-1-3-9(8)16-10/h4-5,11H,1-3,6-7H2,(H2,16,17,18,19). The summed E-state index contributed by atoms with van der Waals surface area (Å²) in [6.07, 6.45) is 1.14. The van der Waals surface area contributed by atoms with Crippen LogP contribution in [0.15, 0.2) is 12.1 Å². The Kier molecular flexibility index (Phi) is 2.88. The molecular weight excluding hydrogens is 252 g/mol. The summed E-state index contributed by atoms with van der Waals surface area (Å²) in [5, 5.41) is 4.87. The number of fused-ring (bicyclic) bond motifs is 1. The van der Waals surface area contributed by atoms with E-state index in [0.29, 0.717) is 18.7 Å². The van der Waals surface area contributed by atoms with Gasteiger partial charge in [0.15, 0.2) is 0 Å². The maximum Gasteiger partial charge on any atom is 0.321 e. The molecule has 1 aromatic rings.